The highest BCUT2D eigenvalue weighted by Gasteiger charge is 2.11. The second kappa shape index (κ2) is 9.45. The molecular formula is C20H17F2N3O4. The van der Waals surface area contributed by atoms with E-state index >= 15 is 0 Å². The molecule has 0 saturated carbocycles. The van der Waals surface area contributed by atoms with Crippen LogP contribution >= 0.6 is 0 Å². The number of nitrogens with one attached hydrogen (secondary N) is 1. The van der Waals surface area contributed by atoms with Gasteiger partial charge in [0.05, 0.1) is 12.1 Å². The Kier molecular flexibility index (Phi) is 6.51. The van der Waals surface area contributed by atoms with Crippen molar-refractivity contribution in [2.24, 2.45) is 0 Å². The van der Waals surface area contributed by atoms with Crippen LogP contribution < -0.4 is 10.1 Å². The highest BCUT2D eigenvalue weighted by Crippen LogP contribution is 2.17. The number of halogens is 2. The third-order valence-corrected chi connectivity index (χ3v) is 3.79. The lowest BCUT2D eigenvalue weighted by molar-refractivity contribution is -0.119. The van der Waals surface area contributed by atoms with E-state index in [-0.39, 0.29) is 5.75 Å². The molecule has 9 heteroatoms. The number of hydrogen-bond acceptors (Lipinski definition) is 5. The second-order valence-electron chi connectivity index (χ2n) is 5.93. The van der Waals surface area contributed by atoms with Crippen LogP contribution in [0.4, 0.5) is 14.5 Å². The van der Waals surface area contributed by atoms with Gasteiger partial charge in [0, 0.05) is 18.1 Å². The van der Waals surface area contributed by atoms with Gasteiger partial charge in [-0.3, -0.25) is 9.48 Å². The van der Waals surface area contributed by atoms with E-state index in [1.54, 1.807) is 35.1 Å². The molecule has 0 radical (unpaired) electrons. The smallest absolute Gasteiger partial charge is 0.387 e. The molecule has 1 amide bonds. The largest absolute Gasteiger partial charge is 0.452 e. The number of esters is 1. The molecule has 7 nitrogen and oxygen atoms in total. The summed E-state index contributed by atoms with van der Waals surface area (Å²) >= 11 is 0. The van der Waals surface area contributed by atoms with Gasteiger partial charge in [-0.1, -0.05) is 12.1 Å². The normalized spacial score (nSPS) is 10.6. The van der Waals surface area contributed by atoms with Crippen molar-refractivity contribution in [1.29, 1.82) is 0 Å². The van der Waals surface area contributed by atoms with Crippen LogP contribution in [0.3, 0.4) is 0 Å². The summed E-state index contributed by atoms with van der Waals surface area (Å²) < 4.78 is 35.2. The Bertz CT molecular complexity index is 943. The van der Waals surface area contributed by atoms with Crippen LogP contribution in [-0.2, 0) is 16.1 Å². The van der Waals surface area contributed by atoms with Gasteiger partial charge in [0.15, 0.2) is 6.61 Å². The molecule has 0 spiro atoms. The minimum absolute atomic E-state index is 0.0274. The minimum Gasteiger partial charge on any atom is -0.452 e. The van der Waals surface area contributed by atoms with Gasteiger partial charge in [-0.25, -0.2) is 4.79 Å². The van der Waals surface area contributed by atoms with Crippen LogP contribution in [0.25, 0.3) is 0 Å². The van der Waals surface area contributed by atoms with Crippen molar-refractivity contribution in [2.45, 2.75) is 13.2 Å². The Hall–Kier alpha value is -3.75. The SMILES string of the molecule is O=C(COC(=O)c1ccc(Cn2cccn2)cc1)Nc1ccc(OC(F)F)cc1. The molecule has 2 aromatic carbocycles. The summed E-state index contributed by atoms with van der Waals surface area (Å²) in [4.78, 5) is 24.0. The number of carbonyl (C=O) groups is 2. The monoisotopic (exact) mass is 401 g/mol. The number of alkyl halides is 2. The quantitative estimate of drug-likeness (QED) is 0.586. The summed E-state index contributed by atoms with van der Waals surface area (Å²) in [6.45, 7) is -2.83. The molecule has 0 aliphatic rings. The zero-order valence-electron chi connectivity index (χ0n) is 15.1. The number of anilines is 1. The number of carbonyl (C=O) groups excluding carboxylic acids is 2. The minimum atomic E-state index is -2.92. The molecule has 29 heavy (non-hydrogen) atoms. The summed E-state index contributed by atoms with van der Waals surface area (Å²) in [5.74, 6) is -1.22. The summed E-state index contributed by atoms with van der Waals surface area (Å²) in [7, 11) is 0. The summed E-state index contributed by atoms with van der Waals surface area (Å²) in [5.41, 5.74) is 1.63. The van der Waals surface area contributed by atoms with Crippen LogP contribution in [0.1, 0.15) is 15.9 Å². The zero-order valence-corrected chi connectivity index (χ0v) is 15.1. The van der Waals surface area contributed by atoms with E-state index in [9.17, 15) is 18.4 Å². The fourth-order valence-corrected chi connectivity index (χ4v) is 2.46. The molecule has 0 fully saturated rings. The van der Waals surface area contributed by atoms with Gasteiger partial charge in [-0.05, 0) is 48.0 Å². The van der Waals surface area contributed by atoms with Crippen molar-refractivity contribution >= 4 is 17.6 Å². The first-order chi connectivity index (χ1) is 14.0. The first kappa shape index (κ1) is 20.0. The Morgan fingerprint density at radius 3 is 2.41 bits per heavy atom. The molecule has 150 valence electrons. The highest BCUT2D eigenvalue weighted by molar-refractivity contribution is 5.95. The maximum absolute atomic E-state index is 12.1. The van der Waals surface area contributed by atoms with Crippen LogP contribution in [0, 0.1) is 0 Å². The Balaban J connectivity index is 1.46. The van der Waals surface area contributed by atoms with Crippen molar-refractivity contribution < 1.29 is 27.8 Å². The lowest BCUT2D eigenvalue weighted by Gasteiger charge is -2.08. The van der Waals surface area contributed by atoms with E-state index in [1.807, 2.05) is 12.3 Å². The molecule has 0 unspecified atom stereocenters. The van der Waals surface area contributed by atoms with Gasteiger partial charge < -0.3 is 14.8 Å². The Morgan fingerprint density at radius 1 is 1.07 bits per heavy atom. The molecule has 1 N–H and O–H groups in total. The van der Waals surface area contributed by atoms with E-state index in [0.29, 0.717) is 17.8 Å². The van der Waals surface area contributed by atoms with Gasteiger partial charge >= 0.3 is 12.6 Å². The van der Waals surface area contributed by atoms with E-state index in [1.165, 1.54) is 24.3 Å². The van der Waals surface area contributed by atoms with Gasteiger partial charge in [0.25, 0.3) is 5.91 Å². The van der Waals surface area contributed by atoms with Crippen molar-refractivity contribution in [3.05, 3.63) is 78.1 Å². The van der Waals surface area contributed by atoms with E-state index in [2.05, 4.69) is 15.2 Å². The van der Waals surface area contributed by atoms with Crippen molar-refractivity contribution in [3.63, 3.8) is 0 Å². The Labute approximate surface area is 164 Å². The van der Waals surface area contributed by atoms with Gasteiger partial charge in [-0.2, -0.15) is 13.9 Å². The van der Waals surface area contributed by atoms with E-state index in [0.717, 1.165) is 5.56 Å². The average Bonchev–Trinajstić information content (AvgIpc) is 3.21. The van der Waals surface area contributed by atoms with Crippen LogP contribution in [-0.4, -0.2) is 34.9 Å². The Morgan fingerprint density at radius 2 is 1.79 bits per heavy atom. The van der Waals surface area contributed by atoms with Crippen molar-refractivity contribution in [2.75, 3.05) is 11.9 Å². The third kappa shape index (κ3) is 6.13. The van der Waals surface area contributed by atoms with Crippen molar-refractivity contribution in [3.8, 4) is 5.75 Å². The molecular weight excluding hydrogens is 384 g/mol. The molecule has 0 bridgehead atoms. The molecule has 0 saturated heterocycles. The number of ether oxygens (including phenoxy) is 2. The number of aromatic nitrogens is 2. The second-order valence-corrected chi connectivity index (χ2v) is 5.93. The lowest BCUT2D eigenvalue weighted by atomic mass is 10.1. The maximum atomic E-state index is 12.1. The third-order valence-electron chi connectivity index (χ3n) is 3.79. The molecule has 0 aliphatic heterocycles. The van der Waals surface area contributed by atoms with Crippen molar-refractivity contribution in [1.82, 2.24) is 9.78 Å². The van der Waals surface area contributed by atoms with Crippen LogP contribution in [0.15, 0.2) is 67.0 Å². The summed E-state index contributed by atoms with van der Waals surface area (Å²) in [5, 5.41) is 6.60. The first-order valence-electron chi connectivity index (χ1n) is 8.58. The number of rotatable bonds is 8. The number of benzene rings is 2. The van der Waals surface area contributed by atoms with E-state index in [4.69, 9.17) is 4.74 Å². The van der Waals surface area contributed by atoms with E-state index < -0.39 is 25.1 Å². The fraction of sp³-hybridized carbons (Fsp3) is 0.150. The number of hydrogen-bond donors (Lipinski definition) is 1. The average molecular weight is 401 g/mol. The maximum Gasteiger partial charge on any atom is 0.387 e. The predicted octanol–water partition coefficient (Wildman–Crippen LogP) is 3.33. The molecule has 0 aliphatic carbocycles. The predicted molar refractivity (Wildman–Crippen MR) is 99.8 cm³/mol. The first-order valence-corrected chi connectivity index (χ1v) is 8.58. The molecule has 3 rings (SSSR count). The topological polar surface area (TPSA) is 82.5 Å². The molecule has 0 atom stereocenters. The number of nitrogens with zero attached hydrogens (tertiary/aromatic N) is 2. The molecule has 3 aromatic rings. The summed E-state index contributed by atoms with van der Waals surface area (Å²) in [6.07, 6.45) is 3.52. The van der Waals surface area contributed by atoms with Gasteiger partial charge in [0.1, 0.15) is 5.75 Å². The van der Waals surface area contributed by atoms with Crippen LogP contribution in [0.5, 0.6) is 5.75 Å². The molecule has 1 heterocycles. The summed E-state index contributed by atoms with van der Waals surface area (Å²) in [6, 6.07) is 14.0. The highest BCUT2D eigenvalue weighted by atomic mass is 19.3. The fourth-order valence-electron chi connectivity index (χ4n) is 2.46. The standard InChI is InChI=1S/C20H17F2N3O4/c21-20(22)29-17-8-6-16(7-9-17)24-18(26)13-28-19(27)15-4-2-14(3-5-15)12-25-11-1-10-23-25/h1-11,20H,12-13H2,(H,24,26). The zero-order chi connectivity index (χ0) is 20.6. The van der Waals surface area contributed by atoms with Crippen LogP contribution in [0.2, 0.25) is 0 Å². The lowest BCUT2D eigenvalue weighted by Crippen LogP contribution is -2.20. The molecule has 1 aromatic heterocycles. The van der Waals surface area contributed by atoms with Gasteiger partial charge in [-0.15, -0.1) is 0 Å². The number of amides is 1. The van der Waals surface area contributed by atoms with Gasteiger partial charge in [0.2, 0.25) is 0 Å².